The van der Waals surface area contributed by atoms with E-state index in [1.807, 2.05) is 37.3 Å². The van der Waals surface area contributed by atoms with Crippen LogP contribution >= 0.6 is 0 Å². The Balaban J connectivity index is 2.97. The molecule has 0 aliphatic carbocycles. The van der Waals surface area contributed by atoms with Gasteiger partial charge < -0.3 is 11.5 Å². The second kappa shape index (κ2) is 2.66. The lowest BCUT2D eigenvalue weighted by Crippen LogP contribution is -1.93. The fourth-order valence-electron chi connectivity index (χ4n) is 1.61. The fourth-order valence-corrected chi connectivity index (χ4v) is 1.61. The summed E-state index contributed by atoms with van der Waals surface area (Å²) in [5.74, 6) is 0. The molecule has 0 aromatic heterocycles. The summed E-state index contributed by atoms with van der Waals surface area (Å²) in [5.41, 5.74) is 14.3. The number of nitrogens with two attached hydrogens (primary N) is 2. The second-order valence-electron chi connectivity index (χ2n) is 3.23. The number of rotatable bonds is 0. The van der Waals surface area contributed by atoms with Gasteiger partial charge in [-0.1, -0.05) is 18.2 Å². The van der Waals surface area contributed by atoms with Crippen molar-refractivity contribution in [2.24, 2.45) is 0 Å². The Morgan fingerprint density at radius 3 is 2.46 bits per heavy atom. The predicted molar refractivity (Wildman–Crippen MR) is 57.5 cm³/mol. The van der Waals surface area contributed by atoms with Crippen LogP contribution in [0.2, 0.25) is 0 Å². The van der Waals surface area contributed by atoms with E-state index in [0.717, 1.165) is 27.7 Å². The smallest absolute Gasteiger partial charge is 0.0397 e. The zero-order chi connectivity index (χ0) is 9.42. The van der Waals surface area contributed by atoms with Gasteiger partial charge in [-0.15, -0.1) is 0 Å². The Morgan fingerprint density at radius 1 is 0.923 bits per heavy atom. The van der Waals surface area contributed by atoms with Crippen molar-refractivity contribution in [3.05, 3.63) is 35.9 Å². The maximum absolute atomic E-state index is 5.87. The van der Waals surface area contributed by atoms with Gasteiger partial charge in [0, 0.05) is 16.8 Å². The minimum Gasteiger partial charge on any atom is -0.398 e. The highest BCUT2D eigenvalue weighted by atomic mass is 14.6. The van der Waals surface area contributed by atoms with E-state index < -0.39 is 0 Å². The molecule has 0 bridgehead atoms. The van der Waals surface area contributed by atoms with Gasteiger partial charge in [-0.05, 0) is 30.0 Å². The summed E-state index contributed by atoms with van der Waals surface area (Å²) in [5, 5.41) is 2.22. The van der Waals surface area contributed by atoms with Crippen molar-refractivity contribution >= 4 is 22.1 Å². The van der Waals surface area contributed by atoms with Crippen LogP contribution < -0.4 is 11.5 Å². The molecular weight excluding hydrogens is 160 g/mol. The Labute approximate surface area is 77.2 Å². The van der Waals surface area contributed by atoms with E-state index in [4.69, 9.17) is 11.5 Å². The van der Waals surface area contributed by atoms with Gasteiger partial charge in [0.15, 0.2) is 0 Å². The van der Waals surface area contributed by atoms with Crippen molar-refractivity contribution < 1.29 is 0 Å². The highest BCUT2D eigenvalue weighted by molar-refractivity contribution is 5.98. The number of benzene rings is 2. The third-order valence-electron chi connectivity index (χ3n) is 2.38. The molecule has 0 aliphatic rings. The molecule has 2 aromatic rings. The molecule has 0 fully saturated rings. The van der Waals surface area contributed by atoms with Crippen LogP contribution in [-0.4, -0.2) is 0 Å². The predicted octanol–water partition coefficient (Wildman–Crippen LogP) is 2.31. The number of aryl methyl sites for hydroxylation is 1. The molecule has 13 heavy (non-hydrogen) atoms. The zero-order valence-corrected chi connectivity index (χ0v) is 7.54. The van der Waals surface area contributed by atoms with Gasteiger partial charge in [-0.3, -0.25) is 0 Å². The van der Waals surface area contributed by atoms with Crippen LogP contribution in [0.3, 0.4) is 0 Å². The third kappa shape index (κ3) is 1.11. The first-order chi connectivity index (χ1) is 6.20. The summed E-state index contributed by atoms with van der Waals surface area (Å²) in [6.45, 7) is 1.99. The molecule has 66 valence electrons. The van der Waals surface area contributed by atoms with Crippen LogP contribution in [0.25, 0.3) is 10.8 Å². The average molecular weight is 172 g/mol. The first-order valence-corrected chi connectivity index (χ1v) is 4.23. The van der Waals surface area contributed by atoms with Crippen LogP contribution in [0.4, 0.5) is 11.4 Å². The first kappa shape index (κ1) is 7.92. The minimum atomic E-state index is 0.794. The molecule has 0 unspecified atom stereocenters. The summed E-state index contributed by atoms with van der Waals surface area (Å²) >= 11 is 0. The Morgan fingerprint density at radius 2 is 1.69 bits per heavy atom. The molecular formula is C11H12N2. The molecule has 0 heterocycles. The van der Waals surface area contributed by atoms with E-state index in [2.05, 4.69) is 0 Å². The van der Waals surface area contributed by atoms with Gasteiger partial charge in [-0.25, -0.2) is 0 Å². The monoisotopic (exact) mass is 172 g/mol. The number of hydrogen-bond donors (Lipinski definition) is 2. The molecule has 2 nitrogen and oxygen atoms in total. The molecule has 0 amide bonds. The van der Waals surface area contributed by atoms with Crippen LogP contribution in [0.15, 0.2) is 30.3 Å². The van der Waals surface area contributed by atoms with E-state index in [-0.39, 0.29) is 0 Å². The largest absolute Gasteiger partial charge is 0.398 e. The number of fused-ring (bicyclic) bond motifs is 1. The Hall–Kier alpha value is -1.70. The van der Waals surface area contributed by atoms with Gasteiger partial charge in [0.25, 0.3) is 0 Å². The van der Waals surface area contributed by atoms with E-state index in [0.29, 0.717) is 0 Å². The fraction of sp³-hybridized carbons (Fsp3) is 0.0909. The van der Waals surface area contributed by atoms with Gasteiger partial charge in [0.05, 0.1) is 0 Å². The van der Waals surface area contributed by atoms with Crippen molar-refractivity contribution in [1.82, 2.24) is 0 Å². The molecule has 0 saturated carbocycles. The van der Waals surface area contributed by atoms with E-state index >= 15 is 0 Å². The molecule has 2 rings (SSSR count). The van der Waals surface area contributed by atoms with Crippen molar-refractivity contribution in [2.45, 2.75) is 6.92 Å². The Kier molecular flexibility index (Phi) is 1.62. The van der Waals surface area contributed by atoms with Crippen molar-refractivity contribution in [3.8, 4) is 0 Å². The van der Waals surface area contributed by atoms with Crippen molar-refractivity contribution in [1.29, 1.82) is 0 Å². The normalized spacial score (nSPS) is 10.5. The molecule has 4 N–H and O–H groups in total. The Bertz CT molecular complexity index is 461. The van der Waals surface area contributed by atoms with Crippen LogP contribution in [0.5, 0.6) is 0 Å². The number of nitrogen functional groups attached to an aromatic ring is 2. The number of anilines is 2. The van der Waals surface area contributed by atoms with E-state index in [1.165, 1.54) is 0 Å². The van der Waals surface area contributed by atoms with E-state index in [9.17, 15) is 0 Å². The molecule has 0 aliphatic heterocycles. The lowest BCUT2D eigenvalue weighted by molar-refractivity contribution is 1.52. The molecule has 0 radical (unpaired) electrons. The highest BCUT2D eigenvalue weighted by Crippen LogP contribution is 2.27. The van der Waals surface area contributed by atoms with Crippen molar-refractivity contribution in [3.63, 3.8) is 0 Å². The summed E-state index contributed by atoms with van der Waals surface area (Å²) in [4.78, 5) is 0. The zero-order valence-electron chi connectivity index (χ0n) is 7.54. The molecule has 0 saturated heterocycles. The van der Waals surface area contributed by atoms with Gasteiger partial charge in [-0.2, -0.15) is 0 Å². The first-order valence-electron chi connectivity index (χ1n) is 4.23. The average Bonchev–Trinajstić information content (AvgIpc) is 2.12. The minimum absolute atomic E-state index is 0.794. The highest BCUT2D eigenvalue weighted by Gasteiger charge is 2.02. The van der Waals surface area contributed by atoms with Gasteiger partial charge >= 0.3 is 0 Å². The van der Waals surface area contributed by atoms with Crippen LogP contribution in [0.1, 0.15) is 5.56 Å². The molecule has 2 aromatic carbocycles. The maximum atomic E-state index is 5.87. The second-order valence-corrected chi connectivity index (χ2v) is 3.23. The SMILES string of the molecule is Cc1c(N)ccc2cccc(N)c12. The van der Waals surface area contributed by atoms with Crippen LogP contribution in [-0.2, 0) is 0 Å². The maximum Gasteiger partial charge on any atom is 0.0397 e. The van der Waals surface area contributed by atoms with Crippen LogP contribution in [0, 0.1) is 6.92 Å². The number of hydrogen-bond acceptors (Lipinski definition) is 2. The van der Waals surface area contributed by atoms with E-state index in [1.54, 1.807) is 0 Å². The van der Waals surface area contributed by atoms with Gasteiger partial charge in [0.1, 0.15) is 0 Å². The van der Waals surface area contributed by atoms with Crippen molar-refractivity contribution in [2.75, 3.05) is 11.5 Å². The molecule has 2 heteroatoms. The standard InChI is InChI=1S/C11H12N2/c1-7-9(12)6-5-8-3-2-4-10(13)11(7)8/h2-6H,12-13H2,1H3. The third-order valence-corrected chi connectivity index (χ3v) is 2.38. The quantitative estimate of drug-likeness (QED) is 0.599. The summed E-state index contributed by atoms with van der Waals surface area (Å²) < 4.78 is 0. The summed E-state index contributed by atoms with van der Waals surface area (Å²) in [6.07, 6.45) is 0. The topological polar surface area (TPSA) is 52.0 Å². The summed E-state index contributed by atoms with van der Waals surface area (Å²) in [6, 6.07) is 9.80. The van der Waals surface area contributed by atoms with Gasteiger partial charge in [0.2, 0.25) is 0 Å². The molecule has 0 atom stereocenters. The lowest BCUT2D eigenvalue weighted by Gasteiger charge is -2.07. The molecule has 0 spiro atoms. The summed E-state index contributed by atoms with van der Waals surface area (Å²) in [7, 11) is 0. The lowest BCUT2D eigenvalue weighted by atomic mass is 10.0.